The van der Waals surface area contributed by atoms with Crippen molar-refractivity contribution in [3.05, 3.63) is 71.9 Å². The number of rotatable bonds is 5. The molecule has 140 valence electrons. The van der Waals surface area contributed by atoms with E-state index in [1.165, 1.54) is 12.1 Å². The van der Waals surface area contributed by atoms with Crippen LogP contribution < -0.4 is 5.32 Å². The van der Waals surface area contributed by atoms with Gasteiger partial charge in [-0.15, -0.1) is 0 Å². The zero-order valence-electron chi connectivity index (χ0n) is 14.8. The SMILES string of the molecule is O=C(NCc1nc(-c2ccc(F)cc2)no1)c1nc(C2CC2)n2ccccc12. The zero-order chi connectivity index (χ0) is 19.1. The average molecular weight is 377 g/mol. The highest BCUT2D eigenvalue weighted by atomic mass is 19.1. The highest BCUT2D eigenvalue weighted by Crippen LogP contribution is 2.39. The van der Waals surface area contributed by atoms with E-state index in [-0.39, 0.29) is 24.2 Å². The minimum atomic E-state index is -0.336. The van der Waals surface area contributed by atoms with Gasteiger partial charge in [-0.3, -0.25) is 4.79 Å². The molecular weight excluding hydrogens is 361 g/mol. The Hall–Kier alpha value is -3.55. The number of fused-ring (bicyclic) bond motifs is 1. The van der Waals surface area contributed by atoms with Crippen molar-refractivity contribution in [3.8, 4) is 11.4 Å². The number of hydrogen-bond acceptors (Lipinski definition) is 5. The molecule has 1 N–H and O–H groups in total. The first-order chi connectivity index (χ1) is 13.7. The summed E-state index contributed by atoms with van der Waals surface area (Å²) in [5, 5.41) is 6.66. The molecule has 0 spiro atoms. The van der Waals surface area contributed by atoms with Gasteiger partial charge < -0.3 is 14.2 Å². The molecule has 0 unspecified atom stereocenters. The molecule has 1 aliphatic rings. The summed E-state index contributed by atoms with van der Waals surface area (Å²) in [6.07, 6.45) is 4.13. The predicted octanol–water partition coefficient (Wildman–Crippen LogP) is 3.33. The maximum absolute atomic E-state index is 13.0. The second kappa shape index (κ2) is 6.56. The number of amides is 1. The summed E-state index contributed by atoms with van der Waals surface area (Å²) in [5.41, 5.74) is 1.80. The lowest BCUT2D eigenvalue weighted by molar-refractivity contribution is 0.0943. The Kier molecular flexibility index (Phi) is 3.89. The summed E-state index contributed by atoms with van der Waals surface area (Å²) in [4.78, 5) is 21.5. The van der Waals surface area contributed by atoms with E-state index >= 15 is 0 Å². The summed E-state index contributed by atoms with van der Waals surface area (Å²) in [6, 6.07) is 11.5. The maximum Gasteiger partial charge on any atom is 0.272 e. The third-order valence-corrected chi connectivity index (χ3v) is 4.70. The van der Waals surface area contributed by atoms with E-state index in [1.54, 1.807) is 12.1 Å². The zero-order valence-corrected chi connectivity index (χ0v) is 14.8. The molecule has 0 radical (unpaired) electrons. The number of carbonyl (C=O) groups is 1. The smallest absolute Gasteiger partial charge is 0.272 e. The lowest BCUT2D eigenvalue weighted by atomic mass is 10.2. The Morgan fingerprint density at radius 3 is 2.79 bits per heavy atom. The van der Waals surface area contributed by atoms with Crippen LogP contribution in [0, 0.1) is 5.82 Å². The van der Waals surface area contributed by atoms with Crippen molar-refractivity contribution in [3.63, 3.8) is 0 Å². The lowest BCUT2D eigenvalue weighted by Crippen LogP contribution is -2.23. The van der Waals surface area contributed by atoms with E-state index in [1.807, 2.05) is 28.8 Å². The number of hydrogen-bond donors (Lipinski definition) is 1. The molecule has 0 bridgehead atoms. The normalized spacial score (nSPS) is 13.8. The van der Waals surface area contributed by atoms with Crippen LogP contribution in [0.4, 0.5) is 4.39 Å². The topological polar surface area (TPSA) is 85.3 Å². The summed E-state index contributed by atoms with van der Waals surface area (Å²) in [7, 11) is 0. The molecule has 3 aromatic heterocycles. The van der Waals surface area contributed by atoms with E-state index in [4.69, 9.17) is 4.52 Å². The van der Waals surface area contributed by atoms with Gasteiger partial charge in [0.1, 0.15) is 11.6 Å². The molecule has 0 saturated heterocycles. The monoisotopic (exact) mass is 377 g/mol. The van der Waals surface area contributed by atoms with Crippen molar-refractivity contribution in [1.29, 1.82) is 0 Å². The van der Waals surface area contributed by atoms with Crippen LogP contribution in [0.3, 0.4) is 0 Å². The Balaban J connectivity index is 1.33. The van der Waals surface area contributed by atoms with Gasteiger partial charge in [0, 0.05) is 17.7 Å². The van der Waals surface area contributed by atoms with Crippen LogP contribution >= 0.6 is 0 Å². The van der Waals surface area contributed by atoms with Crippen LogP contribution in [0.15, 0.2) is 53.2 Å². The summed E-state index contributed by atoms with van der Waals surface area (Å²) in [6.45, 7) is 0.0810. The maximum atomic E-state index is 13.0. The van der Waals surface area contributed by atoms with Gasteiger partial charge in [0.05, 0.1) is 12.1 Å². The van der Waals surface area contributed by atoms with Crippen LogP contribution in [0.2, 0.25) is 0 Å². The Labute approximate surface area is 159 Å². The van der Waals surface area contributed by atoms with E-state index in [2.05, 4.69) is 20.4 Å². The molecule has 5 rings (SSSR count). The summed E-state index contributed by atoms with van der Waals surface area (Å²) >= 11 is 0. The number of carbonyl (C=O) groups excluding carboxylic acids is 1. The van der Waals surface area contributed by atoms with Crippen molar-refractivity contribution < 1.29 is 13.7 Å². The number of benzene rings is 1. The average Bonchev–Trinajstić information content (AvgIpc) is 3.32. The van der Waals surface area contributed by atoms with Crippen LogP contribution in [-0.2, 0) is 6.54 Å². The van der Waals surface area contributed by atoms with Crippen LogP contribution in [-0.4, -0.2) is 25.4 Å². The minimum absolute atomic E-state index is 0.0810. The van der Waals surface area contributed by atoms with Gasteiger partial charge in [0.25, 0.3) is 5.91 Å². The second-order valence-corrected chi connectivity index (χ2v) is 6.75. The third-order valence-electron chi connectivity index (χ3n) is 4.70. The predicted molar refractivity (Wildman–Crippen MR) is 98.0 cm³/mol. The fourth-order valence-corrected chi connectivity index (χ4v) is 3.14. The molecule has 1 amide bonds. The van der Waals surface area contributed by atoms with Crippen LogP contribution in [0.5, 0.6) is 0 Å². The molecular formula is C20H16FN5O2. The van der Waals surface area contributed by atoms with Crippen molar-refractivity contribution in [2.45, 2.75) is 25.3 Å². The molecule has 1 aromatic carbocycles. The highest BCUT2D eigenvalue weighted by Gasteiger charge is 2.30. The number of pyridine rings is 1. The highest BCUT2D eigenvalue weighted by molar-refractivity contribution is 5.99. The van der Waals surface area contributed by atoms with Gasteiger partial charge in [0.2, 0.25) is 11.7 Å². The number of imidazole rings is 1. The van der Waals surface area contributed by atoms with Gasteiger partial charge in [0.15, 0.2) is 5.69 Å². The number of aromatic nitrogens is 4. The van der Waals surface area contributed by atoms with Crippen molar-refractivity contribution >= 4 is 11.4 Å². The van der Waals surface area contributed by atoms with E-state index in [9.17, 15) is 9.18 Å². The van der Waals surface area contributed by atoms with Crippen LogP contribution in [0.1, 0.15) is 41.0 Å². The second-order valence-electron chi connectivity index (χ2n) is 6.75. The van der Waals surface area contributed by atoms with Crippen molar-refractivity contribution in [2.75, 3.05) is 0 Å². The van der Waals surface area contributed by atoms with E-state index < -0.39 is 0 Å². The van der Waals surface area contributed by atoms with Gasteiger partial charge in [-0.2, -0.15) is 4.98 Å². The first-order valence-electron chi connectivity index (χ1n) is 9.03. The fraction of sp³-hybridized carbons (Fsp3) is 0.200. The molecule has 8 heteroatoms. The first kappa shape index (κ1) is 16.6. The molecule has 3 heterocycles. The fourth-order valence-electron chi connectivity index (χ4n) is 3.14. The van der Waals surface area contributed by atoms with Crippen LogP contribution in [0.25, 0.3) is 16.9 Å². The number of halogens is 1. The molecule has 1 fully saturated rings. The van der Waals surface area contributed by atoms with Crippen molar-refractivity contribution in [1.82, 2.24) is 24.8 Å². The molecule has 1 aliphatic carbocycles. The standard InChI is InChI=1S/C20H16FN5O2/c21-14-8-6-12(7-9-14)18-23-16(28-25-18)11-22-20(27)17-15-3-1-2-10-26(15)19(24-17)13-4-5-13/h1-3,6-10,13H,4-5,11H2,(H,22,27). The Morgan fingerprint density at radius 2 is 2.00 bits per heavy atom. The summed E-state index contributed by atoms with van der Waals surface area (Å²) < 4.78 is 20.2. The number of nitrogens with zero attached hydrogens (tertiary/aromatic N) is 4. The Morgan fingerprint density at radius 1 is 1.18 bits per heavy atom. The molecule has 7 nitrogen and oxygen atoms in total. The minimum Gasteiger partial charge on any atom is -0.342 e. The molecule has 0 aliphatic heterocycles. The third kappa shape index (κ3) is 3.02. The van der Waals surface area contributed by atoms with E-state index in [0.29, 0.717) is 23.0 Å². The van der Waals surface area contributed by atoms with Gasteiger partial charge >= 0.3 is 0 Å². The Bertz CT molecular complexity index is 1160. The molecule has 1 saturated carbocycles. The van der Waals surface area contributed by atoms with Gasteiger partial charge in [-0.05, 0) is 49.2 Å². The molecule has 4 aromatic rings. The van der Waals surface area contributed by atoms with Crippen molar-refractivity contribution in [2.24, 2.45) is 0 Å². The number of nitrogens with one attached hydrogen (secondary N) is 1. The van der Waals surface area contributed by atoms with Gasteiger partial charge in [-0.25, -0.2) is 9.37 Å². The molecule has 28 heavy (non-hydrogen) atoms. The van der Waals surface area contributed by atoms with E-state index in [0.717, 1.165) is 24.2 Å². The largest absolute Gasteiger partial charge is 0.342 e. The first-order valence-corrected chi connectivity index (χ1v) is 9.03. The molecule has 0 atom stereocenters. The quantitative estimate of drug-likeness (QED) is 0.577. The summed E-state index contributed by atoms with van der Waals surface area (Å²) in [5.74, 6) is 1.32. The van der Waals surface area contributed by atoms with Gasteiger partial charge in [-0.1, -0.05) is 11.2 Å². The lowest BCUT2D eigenvalue weighted by Gasteiger charge is -2.00.